The molecule has 0 N–H and O–H groups in total. The van der Waals surface area contributed by atoms with E-state index in [4.69, 9.17) is 21.1 Å². The van der Waals surface area contributed by atoms with Crippen LogP contribution in [0.5, 0.6) is 5.75 Å². The van der Waals surface area contributed by atoms with Gasteiger partial charge in [-0.25, -0.2) is 9.79 Å². The summed E-state index contributed by atoms with van der Waals surface area (Å²) in [5, 5.41) is 1.01. The van der Waals surface area contributed by atoms with E-state index in [0.717, 1.165) is 14.7 Å². The Bertz CT molecular complexity index is 1340. The van der Waals surface area contributed by atoms with Crippen LogP contribution in [0.1, 0.15) is 28.4 Å². The Morgan fingerprint density at radius 3 is 2.50 bits per heavy atom. The highest BCUT2D eigenvalue weighted by atomic mass is 127. The Labute approximate surface area is 232 Å². The van der Waals surface area contributed by atoms with Crippen molar-refractivity contribution in [2.75, 3.05) is 13.7 Å². The number of amidine groups is 1. The lowest BCUT2D eigenvalue weighted by molar-refractivity contribution is -0.121. The molecule has 0 bridgehead atoms. The fourth-order valence-corrected chi connectivity index (χ4v) is 4.86. The average Bonchev–Trinajstić information content (AvgIpc) is 3.12. The zero-order valence-corrected chi connectivity index (χ0v) is 23.3. The van der Waals surface area contributed by atoms with Crippen molar-refractivity contribution in [2.24, 2.45) is 4.99 Å². The lowest BCUT2D eigenvalue weighted by Crippen LogP contribution is -2.23. The number of esters is 1. The van der Waals surface area contributed by atoms with Crippen LogP contribution in [0, 0.1) is 3.57 Å². The first-order chi connectivity index (χ1) is 17.3. The lowest BCUT2D eigenvalue weighted by atomic mass is 10.2. The number of halogens is 2. The molecule has 1 fully saturated rings. The van der Waals surface area contributed by atoms with Gasteiger partial charge in [0.1, 0.15) is 12.4 Å². The van der Waals surface area contributed by atoms with Gasteiger partial charge in [-0.1, -0.05) is 29.8 Å². The largest absolute Gasteiger partial charge is 0.487 e. The SMILES string of the molecule is CCOC(=O)c1ccc(N=C2S/C(=C\c3ccc(OCc4ccc(I)cc4)c(Cl)c3)C(=O)N2C)cc1. The number of carbonyl (C=O) groups excluding carboxylic acids is 2. The normalized spacial score (nSPS) is 15.6. The predicted molar refractivity (Wildman–Crippen MR) is 153 cm³/mol. The molecule has 3 aromatic carbocycles. The van der Waals surface area contributed by atoms with Gasteiger partial charge in [0.2, 0.25) is 0 Å². The number of carbonyl (C=O) groups is 2. The quantitative estimate of drug-likeness (QED) is 0.161. The van der Waals surface area contributed by atoms with Crippen molar-refractivity contribution in [2.45, 2.75) is 13.5 Å². The van der Waals surface area contributed by atoms with Crippen LogP contribution in [0.2, 0.25) is 5.02 Å². The van der Waals surface area contributed by atoms with Crippen molar-refractivity contribution < 1.29 is 19.1 Å². The number of nitrogens with zero attached hydrogens (tertiary/aromatic N) is 2. The van der Waals surface area contributed by atoms with Crippen molar-refractivity contribution in [1.82, 2.24) is 4.90 Å². The number of aliphatic imine (C=N–C) groups is 1. The zero-order valence-electron chi connectivity index (χ0n) is 19.5. The molecule has 0 spiro atoms. The number of amides is 1. The maximum atomic E-state index is 12.8. The smallest absolute Gasteiger partial charge is 0.338 e. The van der Waals surface area contributed by atoms with Gasteiger partial charge in [-0.05, 0) is 107 Å². The monoisotopic (exact) mass is 632 g/mol. The van der Waals surface area contributed by atoms with Crippen molar-refractivity contribution in [3.63, 3.8) is 0 Å². The molecule has 0 saturated carbocycles. The van der Waals surface area contributed by atoms with Gasteiger partial charge in [-0.15, -0.1) is 0 Å². The van der Waals surface area contributed by atoms with Gasteiger partial charge in [-0.2, -0.15) is 0 Å². The van der Waals surface area contributed by atoms with Gasteiger partial charge in [0.15, 0.2) is 5.17 Å². The molecule has 1 aliphatic rings. The molecule has 184 valence electrons. The van der Waals surface area contributed by atoms with Crippen LogP contribution < -0.4 is 4.74 Å². The topological polar surface area (TPSA) is 68.2 Å². The standard InChI is InChI=1S/C27H22ClIN2O4S/c1-3-34-26(33)19-7-11-21(12-8-19)30-27-31(2)25(32)24(36-27)15-18-6-13-23(22(28)14-18)35-16-17-4-9-20(29)10-5-17/h4-15H,3,16H2,1-2H3/b24-15-,30-27?. The first kappa shape index (κ1) is 26.2. The van der Waals surface area contributed by atoms with E-state index in [1.165, 1.54) is 16.7 Å². The lowest BCUT2D eigenvalue weighted by Gasteiger charge is -2.09. The van der Waals surface area contributed by atoms with Gasteiger partial charge in [0.25, 0.3) is 5.91 Å². The molecule has 0 radical (unpaired) electrons. The average molecular weight is 633 g/mol. The number of benzene rings is 3. The van der Waals surface area contributed by atoms with Crippen LogP contribution in [0.15, 0.2) is 76.6 Å². The van der Waals surface area contributed by atoms with E-state index in [-0.39, 0.29) is 11.9 Å². The first-order valence-electron chi connectivity index (χ1n) is 11.0. The van der Waals surface area contributed by atoms with Crippen molar-refractivity contribution in [1.29, 1.82) is 0 Å². The molecule has 0 aliphatic carbocycles. The molecule has 0 atom stereocenters. The Morgan fingerprint density at radius 1 is 1.11 bits per heavy atom. The highest BCUT2D eigenvalue weighted by molar-refractivity contribution is 14.1. The molecule has 1 heterocycles. The maximum absolute atomic E-state index is 12.8. The summed E-state index contributed by atoms with van der Waals surface area (Å²) in [5.74, 6) is 0.0415. The van der Waals surface area contributed by atoms with Crippen molar-refractivity contribution >= 4 is 74.8 Å². The Balaban J connectivity index is 1.45. The van der Waals surface area contributed by atoms with Gasteiger partial charge >= 0.3 is 5.97 Å². The van der Waals surface area contributed by atoms with Gasteiger partial charge in [0.05, 0.1) is 27.8 Å². The molecule has 6 nitrogen and oxygen atoms in total. The van der Waals surface area contributed by atoms with Crippen LogP contribution in [-0.2, 0) is 16.1 Å². The number of hydrogen-bond donors (Lipinski definition) is 0. The van der Waals surface area contributed by atoms with E-state index in [1.807, 2.05) is 30.3 Å². The summed E-state index contributed by atoms with van der Waals surface area (Å²) < 4.78 is 12.0. The van der Waals surface area contributed by atoms with E-state index in [9.17, 15) is 9.59 Å². The van der Waals surface area contributed by atoms with E-state index in [0.29, 0.717) is 45.3 Å². The highest BCUT2D eigenvalue weighted by Crippen LogP contribution is 2.34. The third-order valence-corrected chi connectivity index (χ3v) is 7.24. The minimum atomic E-state index is -0.380. The summed E-state index contributed by atoms with van der Waals surface area (Å²) in [4.78, 5) is 31.2. The van der Waals surface area contributed by atoms with Crippen LogP contribution in [0.3, 0.4) is 0 Å². The fraction of sp³-hybridized carbons (Fsp3) is 0.148. The molecule has 3 aromatic rings. The number of hydrogen-bond acceptors (Lipinski definition) is 6. The molecular weight excluding hydrogens is 611 g/mol. The van der Waals surface area contributed by atoms with E-state index in [2.05, 4.69) is 27.6 Å². The Hall–Kier alpha value is -2.82. The summed E-state index contributed by atoms with van der Waals surface area (Å²) in [6, 6.07) is 20.3. The van der Waals surface area contributed by atoms with E-state index < -0.39 is 0 Å². The summed E-state index contributed by atoms with van der Waals surface area (Å²) >= 11 is 9.98. The van der Waals surface area contributed by atoms with Crippen LogP contribution in [0.25, 0.3) is 6.08 Å². The first-order valence-corrected chi connectivity index (χ1v) is 13.3. The van der Waals surface area contributed by atoms with Crippen molar-refractivity contribution in [3.05, 3.63) is 96.9 Å². The predicted octanol–water partition coefficient (Wildman–Crippen LogP) is 6.93. The molecule has 0 aromatic heterocycles. The molecule has 36 heavy (non-hydrogen) atoms. The zero-order chi connectivity index (χ0) is 25.7. The van der Waals surface area contributed by atoms with Crippen molar-refractivity contribution in [3.8, 4) is 5.75 Å². The minimum Gasteiger partial charge on any atom is -0.487 e. The molecule has 1 aliphatic heterocycles. The van der Waals surface area contributed by atoms with Gasteiger partial charge in [-0.3, -0.25) is 9.69 Å². The second kappa shape index (κ2) is 11.9. The fourth-order valence-electron chi connectivity index (χ4n) is 3.27. The summed E-state index contributed by atoms with van der Waals surface area (Å²) in [6.07, 6.45) is 1.78. The summed E-state index contributed by atoms with van der Waals surface area (Å²) in [5.41, 5.74) is 2.92. The van der Waals surface area contributed by atoms with Crippen LogP contribution in [-0.4, -0.2) is 35.6 Å². The molecular formula is C27H22ClIN2O4S. The van der Waals surface area contributed by atoms with Crippen LogP contribution >= 0.6 is 46.0 Å². The van der Waals surface area contributed by atoms with Gasteiger partial charge in [0, 0.05) is 10.6 Å². The number of likely N-dealkylation sites (N-methyl/N-ethyl adjacent to an activating group) is 1. The second-order valence-corrected chi connectivity index (χ2v) is 10.4. The highest BCUT2D eigenvalue weighted by Gasteiger charge is 2.30. The van der Waals surface area contributed by atoms with E-state index >= 15 is 0 Å². The summed E-state index contributed by atoms with van der Waals surface area (Å²) in [6.45, 7) is 2.49. The molecule has 0 unspecified atom stereocenters. The number of thioether (sulfide) groups is 1. The minimum absolute atomic E-state index is 0.156. The third-order valence-electron chi connectivity index (χ3n) is 5.17. The van der Waals surface area contributed by atoms with Gasteiger partial charge < -0.3 is 9.47 Å². The number of rotatable bonds is 7. The Morgan fingerprint density at radius 2 is 1.83 bits per heavy atom. The second-order valence-electron chi connectivity index (χ2n) is 7.74. The Kier molecular flexibility index (Phi) is 8.71. The van der Waals surface area contributed by atoms with Crippen LogP contribution in [0.4, 0.5) is 5.69 Å². The molecule has 1 saturated heterocycles. The summed E-state index contributed by atoms with van der Waals surface area (Å²) in [7, 11) is 1.68. The third kappa shape index (κ3) is 6.48. The molecule has 9 heteroatoms. The molecule has 4 rings (SSSR count). The number of ether oxygens (including phenoxy) is 2. The maximum Gasteiger partial charge on any atom is 0.338 e. The molecule has 1 amide bonds. The van der Waals surface area contributed by atoms with E-state index in [1.54, 1.807) is 56.4 Å².